The summed E-state index contributed by atoms with van der Waals surface area (Å²) in [5.74, 6) is -0.418. The van der Waals surface area contributed by atoms with Crippen molar-refractivity contribution >= 4 is 81.1 Å². The summed E-state index contributed by atoms with van der Waals surface area (Å²) >= 11 is 2.72. The summed E-state index contributed by atoms with van der Waals surface area (Å²) in [6.07, 6.45) is 2.78. The fraction of sp³-hybridized carbons (Fsp3) is 0.129. The number of hydrogen-bond donors (Lipinski definition) is 3. The Hall–Kier alpha value is -1.75. The van der Waals surface area contributed by atoms with Crippen LogP contribution in [0.15, 0.2) is 77.7 Å². The molecule has 0 saturated carbocycles. The maximum atomic E-state index is 11.2. The first-order valence-electron chi connectivity index (χ1n) is 12.8. The van der Waals surface area contributed by atoms with E-state index in [1.165, 1.54) is 24.3 Å². The third kappa shape index (κ3) is 18.7. The molecule has 3 N–H and O–H groups in total. The van der Waals surface area contributed by atoms with Crippen LogP contribution >= 0.6 is 35.3 Å². The molecule has 6 rings (SSSR count). The van der Waals surface area contributed by atoms with Crippen molar-refractivity contribution in [2.24, 2.45) is 0 Å². The fourth-order valence-electron chi connectivity index (χ4n) is 3.29. The summed E-state index contributed by atoms with van der Waals surface area (Å²) in [5, 5.41) is 34.8. The Morgan fingerprint density at radius 1 is 0.660 bits per heavy atom. The summed E-state index contributed by atoms with van der Waals surface area (Å²) in [5.41, 5.74) is 2.23. The van der Waals surface area contributed by atoms with E-state index >= 15 is 0 Å². The first-order valence-corrected chi connectivity index (χ1v) is 15.5. The van der Waals surface area contributed by atoms with Crippen LogP contribution in [-0.4, -0.2) is 66.0 Å². The van der Waals surface area contributed by atoms with Crippen molar-refractivity contribution in [1.82, 2.24) is 0 Å². The SMILES string of the molecule is C.O=C1CSC(=O)[N-]1.O=C1[N-]C(=O)/C(=C/c2ccc(O)cc2)S1.O=C1[N-]C(=O)C(Cc2ccc(O)cc2)S1.O=Cc1ccc(O)cc1.[Y].[Y].[Y]. The van der Waals surface area contributed by atoms with Crippen LogP contribution in [0, 0.1) is 0 Å². The molecule has 1 unspecified atom stereocenters. The first kappa shape index (κ1) is 50.4. The molecule has 0 bridgehead atoms. The molecule has 3 saturated heterocycles. The van der Waals surface area contributed by atoms with Gasteiger partial charge in [-0.3, -0.25) is 4.79 Å². The van der Waals surface area contributed by atoms with Crippen molar-refractivity contribution in [3.63, 3.8) is 0 Å². The Kier molecular flexibility index (Phi) is 26.3. The van der Waals surface area contributed by atoms with E-state index in [1.54, 1.807) is 54.6 Å². The van der Waals surface area contributed by atoms with E-state index in [1.807, 2.05) is 0 Å². The van der Waals surface area contributed by atoms with E-state index < -0.39 is 21.6 Å². The minimum Gasteiger partial charge on any atom is -0.586 e. The van der Waals surface area contributed by atoms with Gasteiger partial charge in [-0.05, 0) is 72.2 Å². The zero-order chi connectivity index (χ0) is 33.6. The van der Waals surface area contributed by atoms with E-state index in [2.05, 4.69) is 16.0 Å². The third-order valence-corrected chi connectivity index (χ3v) is 7.89. The summed E-state index contributed by atoms with van der Waals surface area (Å²) in [6.45, 7) is 0. The van der Waals surface area contributed by atoms with Crippen LogP contribution < -0.4 is 0 Å². The molecular weight excluding hydrogens is 937 g/mol. The average Bonchev–Trinajstić information content (AvgIpc) is 3.67. The number of nitrogens with zero attached hydrogens (tertiary/aromatic N) is 3. The van der Waals surface area contributed by atoms with Gasteiger partial charge in [-0.1, -0.05) is 55.2 Å². The summed E-state index contributed by atoms with van der Waals surface area (Å²) in [6, 6.07) is 19.0. The molecule has 255 valence electrons. The minimum atomic E-state index is -0.502. The van der Waals surface area contributed by atoms with E-state index in [-0.39, 0.29) is 146 Å². The van der Waals surface area contributed by atoms with Gasteiger partial charge in [0.1, 0.15) is 39.3 Å². The van der Waals surface area contributed by atoms with Crippen LogP contribution in [0.4, 0.5) is 14.4 Å². The molecule has 0 aliphatic carbocycles. The van der Waals surface area contributed by atoms with Crippen LogP contribution in [0.3, 0.4) is 0 Å². The maximum absolute atomic E-state index is 11.2. The predicted molar refractivity (Wildman–Crippen MR) is 181 cm³/mol. The quantitative estimate of drug-likeness (QED) is 0.175. The Morgan fingerprint density at radius 2 is 1.16 bits per heavy atom. The van der Waals surface area contributed by atoms with Gasteiger partial charge in [0.2, 0.25) is 0 Å². The number of aromatic hydroxyl groups is 3. The Labute approximate surface area is 375 Å². The first-order chi connectivity index (χ1) is 21.9. The molecule has 3 aliphatic heterocycles. The van der Waals surface area contributed by atoms with Crippen molar-refractivity contribution < 1.29 is 147 Å². The standard InChI is InChI=1S/C10H9NO3S.C10H7NO3S.C7H6O2.C3H3NO2S.CH4.3Y/c2*12-7-3-1-6(2-4-7)5-8-9(13)11-10(14)15-8;8-5-6-1-3-7(9)4-2-6;5-2-1-7-3(6)4-2;;;;/h1-4,8H,5H2,(H2,11,12,13,14);1-5H,(H2,11,12,13,14);1-5,9H;1H2,(H,4,5,6);1H4;;;/p-3. The van der Waals surface area contributed by atoms with Gasteiger partial charge in [0.15, 0.2) is 0 Å². The van der Waals surface area contributed by atoms with Crippen molar-refractivity contribution in [3.8, 4) is 17.2 Å². The molecule has 19 heteroatoms. The van der Waals surface area contributed by atoms with Gasteiger partial charge in [0, 0.05) is 114 Å². The van der Waals surface area contributed by atoms with Crippen molar-refractivity contribution in [2.75, 3.05) is 5.75 Å². The van der Waals surface area contributed by atoms with Gasteiger partial charge in [-0.25, -0.2) is 0 Å². The molecule has 6 amide bonds. The van der Waals surface area contributed by atoms with E-state index in [9.17, 15) is 33.6 Å². The largest absolute Gasteiger partial charge is 0.586 e. The van der Waals surface area contributed by atoms with Gasteiger partial charge in [-0.15, -0.1) is 11.8 Å². The molecular formula is C31H26N3O10S3Y3-3. The third-order valence-electron chi connectivity index (χ3n) is 5.43. The van der Waals surface area contributed by atoms with Gasteiger partial charge in [0.05, 0.1) is 23.0 Å². The Morgan fingerprint density at radius 3 is 1.52 bits per heavy atom. The average molecular weight is 963 g/mol. The number of thioether (sulfide) groups is 3. The zero-order valence-electron chi connectivity index (χ0n) is 25.1. The molecule has 1 atom stereocenters. The molecule has 3 aromatic rings. The van der Waals surface area contributed by atoms with Crippen LogP contribution in [-0.2, 0) is 119 Å². The number of carbonyl (C=O) groups is 7. The maximum Gasteiger partial charge on any atom is 0.150 e. The van der Waals surface area contributed by atoms with Gasteiger partial charge in [-0.2, -0.15) is 0 Å². The normalized spacial score (nSPS) is 16.0. The summed E-state index contributed by atoms with van der Waals surface area (Å²) in [7, 11) is 0. The topological polar surface area (TPSA) is 222 Å². The second-order valence-electron chi connectivity index (χ2n) is 8.85. The van der Waals surface area contributed by atoms with Crippen molar-refractivity contribution in [2.45, 2.75) is 19.1 Å². The Bertz CT molecular complexity index is 1650. The number of phenols is 3. The Balaban J connectivity index is 0. The predicted octanol–water partition coefficient (Wildman–Crippen LogP) is 7.16. The van der Waals surface area contributed by atoms with Crippen LogP contribution in [0.5, 0.6) is 17.2 Å². The summed E-state index contributed by atoms with van der Waals surface area (Å²) in [4.78, 5) is 74.4. The summed E-state index contributed by atoms with van der Waals surface area (Å²) < 4.78 is 0. The molecule has 3 fully saturated rings. The molecule has 0 aromatic heterocycles. The number of amides is 6. The second-order valence-corrected chi connectivity index (χ2v) is 11.9. The fourth-order valence-corrected chi connectivity index (χ4v) is 5.23. The molecule has 0 spiro atoms. The number of imide groups is 3. The molecule has 3 aliphatic rings. The van der Waals surface area contributed by atoms with E-state index in [0.29, 0.717) is 16.9 Å². The molecule has 3 aromatic carbocycles. The number of hydrogen-bond acceptors (Lipinski definition) is 13. The number of rotatable bonds is 4. The van der Waals surface area contributed by atoms with Crippen molar-refractivity contribution in [3.05, 3.63) is 110 Å². The number of aldehydes is 1. The van der Waals surface area contributed by atoms with Gasteiger partial charge in [0.25, 0.3) is 0 Å². The number of benzene rings is 3. The van der Waals surface area contributed by atoms with E-state index in [0.717, 1.165) is 52.7 Å². The zero-order valence-corrected chi connectivity index (χ0v) is 36.0. The van der Waals surface area contributed by atoms with Gasteiger partial charge >= 0.3 is 0 Å². The molecule has 3 radical (unpaired) electrons. The van der Waals surface area contributed by atoms with Crippen molar-refractivity contribution in [1.29, 1.82) is 0 Å². The minimum absolute atomic E-state index is 0. The van der Waals surface area contributed by atoms with Gasteiger partial charge < -0.3 is 60.0 Å². The smallest absolute Gasteiger partial charge is 0.150 e. The molecule has 50 heavy (non-hydrogen) atoms. The van der Waals surface area contributed by atoms with Crippen LogP contribution in [0.2, 0.25) is 0 Å². The monoisotopic (exact) mass is 963 g/mol. The second kappa shape index (κ2) is 26.1. The van der Waals surface area contributed by atoms with Crippen LogP contribution in [0.25, 0.3) is 22.0 Å². The van der Waals surface area contributed by atoms with Crippen LogP contribution in [0.1, 0.15) is 28.9 Å². The number of carbonyl (C=O) groups excluding carboxylic acids is 7. The molecule has 13 nitrogen and oxygen atoms in total. The van der Waals surface area contributed by atoms with E-state index in [4.69, 9.17) is 15.3 Å². The number of phenolic OH excluding ortho intramolecular Hbond substituents is 3. The molecule has 3 heterocycles.